The van der Waals surface area contributed by atoms with Crippen LogP contribution in [-0.4, -0.2) is 17.0 Å². The van der Waals surface area contributed by atoms with Gasteiger partial charge < -0.3 is 10.6 Å². The lowest BCUT2D eigenvalue weighted by Gasteiger charge is -2.28. The van der Waals surface area contributed by atoms with Crippen molar-refractivity contribution in [1.82, 2.24) is 9.97 Å². The summed E-state index contributed by atoms with van der Waals surface area (Å²) >= 11 is 6.08. The molecule has 0 saturated heterocycles. The maximum atomic E-state index is 6.08. The van der Waals surface area contributed by atoms with Crippen molar-refractivity contribution in [2.45, 2.75) is 32.7 Å². The Morgan fingerprint density at radius 1 is 1.33 bits per heavy atom. The highest BCUT2D eigenvalue weighted by atomic mass is 35.5. The van der Waals surface area contributed by atoms with E-state index in [0.717, 1.165) is 34.8 Å². The van der Waals surface area contributed by atoms with Gasteiger partial charge in [0.2, 0.25) is 0 Å². The number of aromatic nitrogens is 2. The van der Waals surface area contributed by atoms with Crippen molar-refractivity contribution in [3.8, 4) is 0 Å². The molecule has 0 aliphatic rings. The van der Waals surface area contributed by atoms with E-state index in [1.807, 2.05) is 25.2 Å². The van der Waals surface area contributed by atoms with Crippen LogP contribution in [0.5, 0.6) is 0 Å². The monoisotopic (exact) mass is 304 g/mol. The van der Waals surface area contributed by atoms with Crippen molar-refractivity contribution in [1.29, 1.82) is 0 Å². The van der Waals surface area contributed by atoms with E-state index in [4.69, 9.17) is 17.3 Å². The number of nitrogen functional groups attached to an aromatic ring is 1. The quantitative estimate of drug-likeness (QED) is 0.911. The molecule has 0 saturated carbocycles. The van der Waals surface area contributed by atoms with Gasteiger partial charge in [-0.25, -0.2) is 9.97 Å². The fourth-order valence-electron chi connectivity index (χ4n) is 2.38. The first-order chi connectivity index (χ1) is 10.0. The van der Waals surface area contributed by atoms with Crippen LogP contribution >= 0.6 is 11.6 Å². The molecule has 1 heterocycles. The maximum Gasteiger partial charge on any atom is 0.137 e. The smallest absolute Gasteiger partial charge is 0.137 e. The summed E-state index contributed by atoms with van der Waals surface area (Å²) < 4.78 is 0. The molecule has 21 heavy (non-hydrogen) atoms. The zero-order chi connectivity index (χ0) is 15.4. The third-order valence-electron chi connectivity index (χ3n) is 3.70. The third kappa shape index (κ3) is 3.45. The third-order valence-corrected chi connectivity index (χ3v) is 3.94. The number of nitrogens with two attached hydrogens (primary N) is 1. The molecule has 4 nitrogen and oxygen atoms in total. The predicted octanol–water partition coefficient (Wildman–Crippen LogP) is 3.86. The number of hydrogen-bond donors (Lipinski definition) is 1. The SMILES string of the molecule is CCCc1c(N)ncnc1N(C)C(C)c1cccc(Cl)c1. The van der Waals surface area contributed by atoms with E-state index in [2.05, 4.69) is 34.8 Å². The van der Waals surface area contributed by atoms with Crippen LogP contribution in [0.3, 0.4) is 0 Å². The number of benzene rings is 1. The summed E-state index contributed by atoms with van der Waals surface area (Å²) in [6, 6.07) is 8.03. The average molecular weight is 305 g/mol. The molecule has 0 aliphatic heterocycles. The van der Waals surface area contributed by atoms with Gasteiger partial charge in [0.15, 0.2) is 0 Å². The Hall–Kier alpha value is -1.81. The molecule has 2 N–H and O–H groups in total. The maximum absolute atomic E-state index is 6.08. The van der Waals surface area contributed by atoms with Crippen molar-refractivity contribution in [2.24, 2.45) is 0 Å². The molecule has 0 bridgehead atoms. The van der Waals surface area contributed by atoms with Crippen LogP contribution in [0, 0.1) is 0 Å². The zero-order valence-electron chi connectivity index (χ0n) is 12.7. The van der Waals surface area contributed by atoms with E-state index in [1.54, 1.807) is 0 Å². The van der Waals surface area contributed by atoms with Gasteiger partial charge in [0.05, 0.1) is 6.04 Å². The Bertz CT molecular complexity index is 615. The first-order valence-corrected chi connectivity index (χ1v) is 7.50. The van der Waals surface area contributed by atoms with Crippen molar-refractivity contribution >= 4 is 23.2 Å². The van der Waals surface area contributed by atoms with Gasteiger partial charge >= 0.3 is 0 Å². The standard InChI is InChI=1S/C16H21ClN4/c1-4-6-14-15(18)19-10-20-16(14)21(3)11(2)12-7-5-8-13(17)9-12/h5,7-11H,4,6H2,1-3H3,(H2,18,19,20). The lowest BCUT2D eigenvalue weighted by atomic mass is 10.1. The Morgan fingerprint density at radius 3 is 2.76 bits per heavy atom. The molecule has 0 spiro atoms. The van der Waals surface area contributed by atoms with Crippen LogP contribution in [0.15, 0.2) is 30.6 Å². The molecule has 2 aromatic rings. The molecular formula is C16H21ClN4. The Morgan fingerprint density at radius 2 is 2.10 bits per heavy atom. The molecule has 112 valence electrons. The molecule has 0 radical (unpaired) electrons. The second-order valence-corrected chi connectivity index (χ2v) is 5.59. The van der Waals surface area contributed by atoms with Gasteiger partial charge in [-0.1, -0.05) is 37.1 Å². The fraction of sp³-hybridized carbons (Fsp3) is 0.375. The summed E-state index contributed by atoms with van der Waals surface area (Å²) in [6.45, 7) is 4.25. The van der Waals surface area contributed by atoms with Crippen LogP contribution in [-0.2, 0) is 6.42 Å². The molecule has 0 fully saturated rings. The van der Waals surface area contributed by atoms with E-state index in [0.29, 0.717) is 5.82 Å². The summed E-state index contributed by atoms with van der Waals surface area (Å²) in [5.74, 6) is 1.45. The van der Waals surface area contributed by atoms with Gasteiger partial charge in [-0.3, -0.25) is 0 Å². The number of anilines is 2. The summed E-state index contributed by atoms with van der Waals surface area (Å²) in [7, 11) is 2.02. The molecule has 0 amide bonds. The molecule has 1 unspecified atom stereocenters. The highest BCUT2D eigenvalue weighted by molar-refractivity contribution is 6.30. The summed E-state index contributed by atoms with van der Waals surface area (Å²) in [6.07, 6.45) is 3.39. The van der Waals surface area contributed by atoms with Crippen molar-refractivity contribution in [3.63, 3.8) is 0 Å². The van der Waals surface area contributed by atoms with E-state index >= 15 is 0 Å². The Kier molecular flexibility index (Phi) is 5.02. The molecule has 1 aromatic carbocycles. The minimum atomic E-state index is 0.147. The molecule has 1 atom stereocenters. The van der Waals surface area contributed by atoms with E-state index in [-0.39, 0.29) is 6.04 Å². The van der Waals surface area contributed by atoms with Gasteiger partial charge in [-0.05, 0) is 31.0 Å². The average Bonchev–Trinajstić information content (AvgIpc) is 2.48. The second-order valence-electron chi connectivity index (χ2n) is 5.15. The normalized spacial score (nSPS) is 12.2. The van der Waals surface area contributed by atoms with Crippen LogP contribution in [0.1, 0.15) is 37.4 Å². The summed E-state index contributed by atoms with van der Waals surface area (Å²) in [4.78, 5) is 10.7. The van der Waals surface area contributed by atoms with Crippen molar-refractivity contribution in [3.05, 3.63) is 46.7 Å². The van der Waals surface area contributed by atoms with Crippen molar-refractivity contribution < 1.29 is 0 Å². The molecular weight excluding hydrogens is 284 g/mol. The minimum absolute atomic E-state index is 0.147. The number of halogens is 1. The lowest BCUT2D eigenvalue weighted by molar-refractivity contribution is 0.718. The van der Waals surface area contributed by atoms with Crippen LogP contribution in [0.25, 0.3) is 0 Å². The Labute approximate surface area is 131 Å². The highest BCUT2D eigenvalue weighted by Gasteiger charge is 2.18. The van der Waals surface area contributed by atoms with Crippen LogP contribution in [0.2, 0.25) is 5.02 Å². The first-order valence-electron chi connectivity index (χ1n) is 7.12. The first kappa shape index (κ1) is 15.6. The van der Waals surface area contributed by atoms with Gasteiger partial charge in [-0.2, -0.15) is 0 Å². The van der Waals surface area contributed by atoms with Gasteiger partial charge in [0, 0.05) is 17.6 Å². The van der Waals surface area contributed by atoms with E-state index in [1.165, 1.54) is 6.33 Å². The summed E-state index contributed by atoms with van der Waals surface area (Å²) in [5.41, 5.74) is 8.16. The lowest BCUT2D eigenvalue weighted by Crippen LogP contribution is -2.24. The molecule has 2 rings (SSSR count). The zero-order valence-corrected chi connectivity index (χ0v) is 13.4. The van der Waals surface area contributed by atoms with E-state index < -0.39 is 0 Å². The fourth-order valence-corrected chi connectivity index (χ4v) is 2.58. The topological polar surface area (TPSA) is 55.0 Å². The second kappa shape index (κ2) is 6.76. The number of rotatable bonds is 5. The number of hydrogen-bond acceptors (Lipinski definition) is 4. The number of nitrogens with zero attached hydrogens (tertiary/aromatic N) is 3. The van der Waals surface area contributed by atoms with Gasteiger partial charge in [0.25, 0.3) is 0 Å². The van der Waals surface area contributed by atoms with E-state index in [9.17, 15) is 0 Å². The molecule has 0 aliphatic carbocycles. The van der Waals surface area contributed by atoms with Crippen molar-refractivity contribution in [2.75, 3.05) is 17.7 Å². The molecule has 1 aromatic heterocycles. The van der Waals surface area contributed by atoms with Crippen LogP contribution < -0.4 is 10.6 Å². The van der Waals surface area contributed by atoms with Gasteiger partial charge in [0.1, 0.15) is 18.0 Å². The highest BCUT2D eigenvalue weighted by Crippen LogP contribution is 2.29. The molecule has 5 heteroatoms. The summed E-state index contributed by atoms with van der Waals surface area (Å²) in [5, 5.41) is 0.740. The Balaban J connectivity index is 2.35. The minimum Gasteiger partial charge on any atom is -0.383 e. The van der Waals surface area contributed by atoms with Gasteiger partial charge in [-0.15, -0.1) is 0 Å². The predicted molar refractivity (Wildman–Crippen MR) is 88.7 cm³/mol. The largest absolute Gasteiger partial charge is 0.383 e. The van der Waals surface area contributed by atoms with Crippen LogP contribution in [0.4, 0.5) is 11.6 Å².